The summed E-state index contributed by atoms with van der Waals surface area (Å²) in [5.41, 5.74) is 0.0132. The average molecular weight is 363 g/mol. The van der Waals surface area contributed by atoms with Gasteiger partial charge in [0.25, 0.3) is 0 Å². The van der Waals surface area contributed by atoms with Crippen LogP contribution in [0.2, 0.25) is 0 Å². The molecule has 0 aliphatic carbocycles. The first-order valence-corrected chi connectivity index (χ1v) is 7.62. The molecule has 1 aromatic carbocycles. The van der Waals surface area contributed by atoms with Crippen LogP contribution in [0.5, 0.6) is 5.75 Å². The maximum atomic E-state index is 14.3. The molecule has 0 radical (unpaired) electrons. The molecule has 2 unspecified atom stereocenters. The fraction of sp³-hybridized carbons (Fsp3) is 0.250. The largest absolute Gasteiger partial charge is 0.497 e. The SMILES string of the molecule is COc1cc(F)c(C2CNC(=O)C2NC(=O)Nc2cncnc2)c(F)c1. The molecule has 0 bridgehead atoms. The van der Waals surface area contributed by atoms with Crippen molar-refractivity contribution < 1.29 is 23.1 Å². The van der Waals surface area contributed by atoms with Crippen molar-refractivity contribution in [3.05, 3.63) is 48.1 Å². The van der Waals surface area contributed by atoms with Gasteiger partial charge in [0.05, 0.1) is 25.2 Å². The molecule has 1 saturated heterocycles. The molecule has 2 aromatic rings. The van der Waals surface area contributed by atoms with E-state index in [1.807, 2.05) is 0 Å². The van der Waals surface area contributed by atoms with Crippen molar-refractivity contribution in [1.29, 1.82) is 0 Å². The van der Waals surface area contributed by atoms with E-state index in [9.17, 15) is 18.4 Å². The molecule has 0 spiro atoms. The molecule has 26 heavy (non-hydrogen) atoms. The van der Waals surface area contributed by atoms with Crippen molar-refractivity contribution in [3.63, 3.8) is 0 Å². The van der Waals surface area contributed by atoms with E-state index in [1.54, 1.807) is 0 Å². The minimum absolute atomic E-state index is 0.0155. The smallest absolute Gasteiger partial charge is 0.320 e. The van der Waals surface area contributed by atoms with E-state index in [-0.39, 0.29) is 17.9 Å². The van der Waals surface area contributed by atoms with Crippen molar-refractivity contribution in [2.24, 2.45) is 0 Å². The van der Waals surface area contributed by atoms with Crippen molar-refractivity contribution in [3.8, 4) is 5.75 Å². The molecule has 3 rings (SSSR count). The number of rotatable bonds is 4. The zero-order valence-corrected chi connectivity index (χ0v) is 13.6. The number of ether oxygens (including phenoxy) is 1. The second kappa shape index (κ2) is 7.30. The molecule has 1 aromatic heterocycles. The van der Waals surface area contributed by atoms with Crippen molar-refractivity contribution in [2.75, 3.05) is 19.0 Å². The van der Waals surface area contributed by atoms with Crippen LogP contribution in [0.1, 0.15) is 11.5 Å². The van der Waals surface area contributed by atoms with Crippen LogP contribution in [0.4, 0.5) is 19.3 Å². The summed E-state index contributed by atoms with van der Waals surface area (Å²) in [5, 5.41) is 7.37. The zero-order chi connectivity index (χ0) is 18.7. The Balaban J connectivity index is 1.80. The van der Waals surface area contributed by atoms with E-state index in [0.717, 1.165) is 12.1 Å². The van der Waals surface area contributed by atoms with Gasteiger partial charge in [0.2, 0.25) is 5.91 Å². The molecule has 1 fully saturated rings. The van der Waals surface area contributed by atoms with Gasteiger partial charge in [0.1, 0.15) is 29.8 Å². The number of nitrogens with one attached hydrogen (secondary N) is 3. The van der Waals surface area contributed by atoms with Crippen LogP contribution in [0.15, 0.2) is 30.9 Å². The summed E-state index contributed by atoms with van der Waals surface area (Å²) in [6.45, 7) is -0.0155. The van der Waals surface area contributed by atoms with Crippen molar-refractivity contribution in [1.82, 2.24) is 20.6 Å². The minimum Gasteiger partial charge on any atom is -0.497 e. The van der Waals surface area contributed by atoms with Gasteiger partial charge in [-0.3, -0.25) is 4.79 Å². The Labute approximate surface area is 147 Å². The summed E-state index contributed by atoms with van der Waals surface area (Å²) >= 11 is 0. The van der Waals surface area contributed by atoms with E-state index >= 15 is 0 Å². The number of hydrogen-bond acceptors (Lipinski definition) is 5. The fourth-order valence-corrected chi connectivity index (χ4v) is 2.76. The van der Waals surface area contributed by atoms with Gasteiger partial charge in [0, 0.05) is 30.2 Å². The summed E-state index contributed by atoms with van der Waals surface area (Å²) in [7, 11) is 1.29. The van der Waals surface area contributed by atoms with E-state index in [2.05, 4.69) is 25.9 Å². The monoisotopic (exact) mass is 363 g/mol. The van der Waals surface area contributed by atoms with Gasteiger partial charge in [-0.15, -0.1) is 0 Å². The molecule has 3 N–H and O–H groups in total. The molecule has 3 amide bonds. The summed E-state index contributed by atoms with van der Waals surface area (Å²) in [4.78, 5) is 31.6. The number of benzene rings is 1. The molecule has 2 heterocycles. The van der Waals surface area contributed by atoms with Crippen LogP contribution in [0.25, 0.3) is 0 Å². The van der Waals surface area contributed by atoms with Crippen LogP contribution >= 0.6 is 0 Å². The molecule has 0 saturated carbocycles. The van der Waals surface area contributed by atoms with Gasteiger partial charge in [-0.1, -0.05) is 0 Å². The first kappa shape index (κ1) is 17.5. The van der Waals surface area contributed by atoms with Crippen molar-refractivity contribution in [2.45, 2.75) is 12.0 Å². The number of hydrogen-bond donors (Lipinski definition) is 3. The molecule has 2 atom stereocenters. The standard InChI is InChI=1S/C16H15F2N5O3/c1-26-9-2-11(17)13(12(18)3-9)10-6-21-15(24)14(10)23-16(25)22-8-4-19-7-20-5-8/h2-5,7,10,14H,6H2,1H3,(H,21,24)(H2,22,23,25). The third-order valence-corrected chi connectivity index (χ3v) is 3.95. The number of carbonyl (C=O) groups excluding carboxylic acids is 2. The molecular formula is C16H15F2N5O3. The third-order valence-electron chi connectivity index (χ3n) is 3.95. The van der Waals surface area contributed by atoms with Crippen LogP contribution < -0.4 is 20.7 Å². The van der Waals surface area contributed by atoms with E-state index in [1.165, 1.54) is 25.8 Å². The van der Waals surface area contributed by atoms with Crippen LogP contribution in [0.3, 0.4) is 0 Å². The highest BCUT2D eigenvalue weighted by atomic mass is 19.1. The Morgan fingerprint density at radius 2 is 1.92 bits per heavy atom. The predicted octanol–water partition coefficient (Wildman–Crippen LogP) is 1.17. The quantitative estimate of drug-likeness (QED) is 0.756. The van der Waals surface area contributed by atoms with E-state index in [0.29, 0.717) is 5.69 Å². The fourth-order valence-electron chi connectivity index (χ4n) is 2.76. The van der Waals surface area contributed by atoms with E-state index in [4.69, 9.17) is 4.74 Å². The van der Waals surface area contributed by atoms with Crippen LogP contribution in [-0.2, 0) is 4.79 Å². The second-order valence-corrected chi connectivity index (χ2v) is 5.56. The molecule has 10 heteroatoms. The maximum Gasteiger partial charge on any atom is 0.320 e. The highest BCUT2D eigenvalue weighted by Gasteiger charge is 2.40. The van der Waals surface area contributed by atoms with Crippen LogP contribution in [0, 0.1) is 11.6 Å². The van der Waals surface area contributed by atoms with Gasteiger partial charge in [0.15, 0.2) is 0 Å². The molecular weight excluding hydrogens is 348 g/mol. The number of amides is 3. The average Bonchev–Trinajstić information content (AvgIpc) is 2.95. The predicted molar refractivity (Wildman–Crippen MR) is 86.6 cm³/mol. The lowest BCUT2D eigenvalue weighted by Crippen LogP contribution is -2.45. The first-order valence-electron chi connectivity index (χ1n) is 7.62. The summed E-state index contributed by atoms with van der Waals surface area (Å²) < 4.78 is 33.5. The number of aromatic nitrogens is 2. The second-order valence-electron chi connectivity index (χ2n) is 5.56. The number of carbonyl (C=O) groups is 2. The van der Waals surface area contributed by atoms with Crippen LogP contribution in [-0.4, -0.2) is 41.6 Å². The van der Waals surface area contributed by atoms with Gasteiger partial charge in [-0.05, 0) is 0 Å². The number of anilines is 1. The lowest BCUT2D eigenvalue weighted by Gasteiger charge is -2.20. The Bertz CT molecular complexity index is 811. The Morgan fingerprint density at radius 3 is 2.54 bits per heavy atom. The topological polar surface area (TPSA) is 105 Å². The molecule has 136 valence electrons. The lowest BCUT2D eigenvalue weighted by molar-refractivity contribution is -0.120. The highest BCUT2D eigenvalue weighted by molar-refractivity contribution is 5.95. The van der Waals surface area contributed by atoms with Gasteiger partial charge in [-0.2, -0.15) is 0 Å². The lowest BCUT2D eigenvalue weighted by atomic mass is 9.93. The van der Waals surface area contributed by atoms with E-state index < -0.39 is 35.5 Å². The minimum atomic E-state index is -1.14. The normalized spacial score (nSPS) is 19.0. The molecule has 1 aliphatic rings. The number of methoxy groups -OCH3 is 1. The third kappa shape index (κ3) is 3.53. The summed E-state index contributed by atoms with van der Waals surface area (Å²) in [6.07, 6.45) is 4.02. The van der Waals surface area contributed by atoms with Gasteiger partial charge < -0.3 is 20.7 Å². The Hall–Kier alpha value is -3.30. The zero-order valence-electron chi connectivity index (χ0n) is 13.6. The molecule has 8 nitrogen and oxygen atoms in total. The number of halogens is 2. The number of urea groups is 1. The summed E-state index contributed by atoms with van der Waals surface area (Å²) in [5.74, 6) is -3.14. The van der Waals surface area contributed by atoms with Gasteiger partial charge >= 0.3 is 6.03 Å². The van der Waals surface area contributed by atoms with Gasteiger partial charge in [-0.25, -0.2) is 23.5 Å². The number of nitrogens with zero attached hydrogens (tertiary/aromatic N) is 2. The Kier molecular flexibility index (Phi) is 4.92. The van der Waals surface area contributed by atoms with Crippen molar-refractivity contribution >= 4 is 17.6 Å². The maximum absolute atomic E-state index is 14.3. The Morgan fingerprint density at radius 1 is 1.27 bits per heavy atom. The summed E-state index contributed by atoms with van der Waals surface area (Å²) in [6, 6.07) is 0.192. The highest BCUT2D eigenvalue weighted by Crippen LogP contribution is 2.31. The molecule has 1 aliphatic heterocycles. The first-order chi connectivity index (χ1) is 12.5.